The molecule has 14 heteroatoms. The van der Waals surface area contributed by atoms with Gasteiger partial charge in [-0.15, -0.1) is 0 Å². The van der Waals surface area contributed by atoms with E-state index < -0.39 is 77.8 Å². The van der Waals surface area contributed by atoms with E-state index in [1.54, 1.807) is 41.5 Å². The first kappa shape index (κ1) is 47.9. The second-order valence-corrected chi connectivity index (χ2v) is 17.9. The van der Waals surface area contributed by atoms with Crippen molar-refractivity contribution in [2.24, 2.45) is 16.7 Å². The molecule has 2 heterocycles. The topological polar surface area (TPSA) is 203 Å². The molecule has 0 bridgehead atoms. The van der Waals surface area contributed by atoms with Crippen molar-refractivity contribution in [1.82, 2.24) is 5.32 Å². The Bertz CT molecular complexity index is 1470. The molecule has 0 saturated carbocycles. The van der Waals surface area contributed by atoms with E-state index in [9.17, 15) is 35.1 Å². The molecular formula is C44H69NO13. The number of Topliss-reactive ketones (excluding diaryl/α,β-unsaturated/α-hetero) is 1. The van der Waals surface area contributed by atoms with Gasteiger partial charge in [0.25, 0.3) is 0 Å². The van der Waals surface area contributed by atoms with Crippen molar-refractivity contribution in [3.63, 3.8) is 0 Å². The van der Waals surface area contributed by atoms with Crippen LogP contribution in [0.15, 0.2) is 43.0 Å². The molecule has 4 unspecified atom stereocenters. The number of benzene rings is 1. The summed E-state index contributed by atoms with van der Waals surface area (Å²) in [5.41, 5.74) is 1.51. The van der Waals surface area contributed by atoms with Gasteiger partial charge in [0.2, 0.25) is 0 Å². The quantitative estimate of drug-likeness (QED) is 0.0859. The van der Waals surface area contributed by atoms with Crippen LogP contribution in [0.25, 0.3) is 5.70 Å². The minimum atomic E-state index is -1.73. The van der Waals surface area contributed by atoms with Crippen LogP contribution in [0.2, 0.25) is 0 Å². The Balaban J connectivity index is 1.16. The Hall–Kier alpha value is -2.76. The van der Waals surface area contributed by atoms with Gasteiger partial charge in [0.15, 0.2) is 18.2 Å². The first-order chi connectivity index (χ1) is 27.4. The van der Waals surface area contributed by atoms with Gasteiger partial charge in [-0.05, 0) is 60.5 Å². The predicted molar refractivity (Wildman–Crippen MR) is 216 cm³/mol. The number of rotatable bonds is 19. The zero-order valence-corrected chi connectivity index (χ0v) is 35.2. The van der Waals surface area contributed by atoms with E-state index in [2.05, 4.69) is 36.2 Å². The molecule has 328 valence electrons. The lowest BCUT2D eigenvalue weighted by Gasteiger charge is -2.50. The number of nitrogens with one attached hydrogen (secondary N) is 1. The highest BCUT2D eigenvalue weighted by Gasteiger charge is 2.56. The monoisotopic (exact) mass is 819 g/mol. The molecule has 2 saturated heterocycles. The number of allylic oxidation sites excluding steroid dienone is 2. The molecule has 1 aromatic rings. The van der Waals surface area contributed by atoms with Crippen molar-refractivity contribution in [3.8, 4) is 0 Å². The van der Waals surface area contributed by atoms with Crippen molar-refractivity contribution in [1.29, 1.82) is 0 Å². The number of aliphatic hydroxyl groups is 4. The summed E-state index contributed by atoms with van der Waals surface area (Å²) < 4.78 is 35.0. The number of carbonyl (C=O) groups excluding carboxylic acids is 1. The third kappa shape index (κ3) is 13.6. The standard InChI is InChI=1S/C44H69NO13/c1-27(29-19-17-28(18-20-29)26-55-30-14-11-9-8-10-12-15-30)45-21-23-54-25-24-53-22-13-16-31(46)37-32(43(2,3)4)33(47)36(50)42(57-37)58-38-34(48)35(49)40(44(5,6)7)56-39(38)41(51)52/h8-9,17-20,30,32-40,42,45,47-50H,1,10-16,21-26H2,2-7H3,(H,51,52)/b9-8+/t30-,32-,33+,34-,35?,36?,37?,38-,39?,40+,42-/m0/s1. The Kier molecular flexibility index (Phi) is 18.3. The molecule has 6 N–H and O–H groups in total. The third-order valence-corrected chi connectivity index (χ3v) is 11.1. The molecule has 14 nitrogen and oxygen atoms in total. The minimum Gasteiger partial charge on any atom is -0.479 e. The first-order valence-corrected chi connectivity index (χ1v) is 20.8. The van der Waals surface area contributed by atoms with Gasteiger partial charge in [-0.3, -0.25) is 4.79 Å². The van der Waals surface area contributed by atoms with Gasteiger partial charge in [-0.25, -0.2) is 4.79 Å². The maximum atomic E-state index is 13.6. The van der Waals surface area contributed by atoms with Crippen LogP contribution in [0.5, 0.6) is 0 Å². The molecule has 4 rings (SSSR count). The summed E-state index contributed by atoms with van der Waals surface area (Å²) in [6.45, 7) is 17.3. The molecule has 11 atom stereocenters. The highest BCUT2D eigenvalue weighted by molar-refractivity contribution is 5.83. The van der Waals surface area contributed by atoms with Gasteiger partial charge in [-0.2, -0.15) is 0 Å². The van der Waals surface area contributed by atoms with Gasteiger partial charge < -0.3 is 59.3 Å². The molecule has 0 aromatic heterocycles. The lowest BCUT2D eigenvalue weighted by Crippen LogP contribution is -2.66. The van der Waals surface area contributed by atoms with Gasteiger partial charge in [0.1, 0.15) is 30.5 Å². The fourth-order valence-electron chi connectivity index (χ4n) is 7.80. The first-order valence-electron chi connectivity index (χ1n) is 20.8. The summed E-state index contributed by atoms with van der Waals surface area (Å²) >= 11 is 0. The second kappa shape index (κ2) is 22.2. The Morgan fingerprint density at radius 2 is 1.48 bits per heavy atom. The fraction of sp³-hybridized carbons (Fsp3) is 0.727. The molecular weight excluding hydrogens is 750 g/mol. The van der Waals surface area contributed by atoms with E-state index in [4.69, 9.17) is 28.4 Å². The maximum absolute atomic E-state index is 13.6. The van der Waals surface area contributed by atoms with Crippen molar-refractivity contribution < 1.29 is 63.5 Å². The Morgan fingerprint density at radius 1 is 0.810 bits per heavy atom. The number of aliphatic carboxylic acids is 1. The number of ether oxygens (including phenoxy) is 6. The van der Waals surface area contributed by atoms with Gasteiger partial charge in [0, 0.05) is 31.2 Å². The largest absolute Gasteiger partial charge is 0.479 e. The zero-order valence-electron chi connectivity index (χ0n) is 35.2. The van der Waals surface area contributed by atoms with Crippen LogP contribution in [-0.4, -0.2) is 131 Å². The second-order valence-electron chi connectivity index (χ2n) is 17.9. The van der Waals surface area contributed by atoms with Crippen LogP contribution < -0.4 is 5.32 Å². The average molecular weight is 820 g/mol. The molecule has 0 radical (unpaired) electrons. The fourth-order valence-corrected chi connectivity index (χ4v) is 7.80. The molecule has 3 aliphatic rings. The van der Waals surface area contributed by atoms with Crippen molar-refractivity contribution >= 4 is 17.4 Å². The number of carboxylic acid groups (broad SMARTS) is 1. The predicted octanol–water partition coefficient (Wildman–Crippen LogP) is 4.15. The average Bonchev–Trinajstić information content (AvgIpc) is 3.14. The number of carbonyl (C=O) groups is 2. The molecule has 1 aliphatic carbocycles. The number of hydrogen-bond acceptors (Lipinski definition) is 13. The Labute approximate surface area is 343 Å². The SMILES string of the molecule is C=C(NCCOCCOCCCC(=O)C1O[C@@H](O[C@@H]2C(C(=O)O)O[C@@H](C(C)(C)C)C(O)[C@@H]2O)C(O)[C@H](O)[C@@H]1C(C)(C)C)c1ccc(CO[C@H]2CC/C=C/CCC2)cc1. The summed E-state index contributed by atoms with van der Waals surface area (Å²) in [4.78, 5) is 25.8. The van der Waals surface area contributed by atoms with Crippen LogP contribution in [0, 0.1) is 16.7 Å². The summed E-state index contributed by atoms with van der Waals surface area (Å²) in [5.74, 6) is -2.66. The molecule has 58 heavy (non-hydrogen) atoms. The van der Waals surface area contributed by atoms with Gasteiger partial charge in [-0.1, -0.05) is 84.5 Å². The summed E-state index contributed by atoms with van der Waals surface area (Å²) in [5, 5.41) is 57.4. The number of aliphatic hydroxyl groups excluding tert-OH is 4. The highest BCUT2D eigenvalue weighted by atomic mass is 16.7. The van der Waals surface area contributed by atoms with Crippen LogP contribution in [0.3, 0.4) is 0 Å². The van der Waals surface area contributed by atoms with Crippen LogP contribution >= 0.6 is 0 Å². The molecule has 2 fully saturated rings. The summed E-state index contributed by atoms with van der Waals surface area (Å²) in [6, 6.07) is 8.22. The highest BCUT2D eigenvalue weighted by Crippen LogP contribution is 2.41. The van der Waals surface area contributed by atoms with Crippen LogP contribution in [0.4, 0.5) is 0 Å². The number of ketones is 1. The molecule has 0 spiro atoms. The Morgan fingerprint density at radius 3 is 2.14 bits per heavy atom. The van der Waals surface area contributed by atoms with E-state index in [0.29, 0.717) is 45.5 Å². The van der Waals surface area contributed by atoms with Crippen molar-refractivity contribution in [3.05, 3.63) is 54.1 Å². The molecule has 1 aromatic carbocycles. The normalized spacial score (nSPS) is 31.5. The summed E-state index contributed by atoms with van der Waals surface area (Å²) in [7, 11) is 0. The van der Waals surface area contributed by atoms with E-state index in [0.717, 1.165) is 42.5 Å². The van der Waals surface area contributed by atoms with E-state index in [-0.39, 0.29) is 18.8 Å². The number of carboxylic acids is 1. The molecule has 2 aliphatic heterocycles. The van der Waals surface area contributed by atoms with E-state index >= 15 is 0 Å². The summed E-state index contributed by atoms with van der Waals surface area (Å²) in [6.07, 6.45) is -3.07. The third-order valence-electron chi connectivity index (χ3n) is 11.1. The van der Waals surface area contributed by atoms with Gasteiger partial charge >= 0.3 is 5.97 Å². The van der Waals surface area contributed by atoms with Crippen molar-refractivity contribution in [2.75, 3.05) is 33.0 Å². The lowest BCUT2D eigenvalue weighted by atomic mass is 9.70. The minimum absolute atomic E-state index is 0.0326. The van der Waals surface area contributed by atoms with Crippen LogP contribution in [-0.2, 0) is 44.6 Å². The molecule has 0 amide bonds. The number of hydrogen-bond donors (Lipinski definition) is 6. The maximum Gasteiger partial charge on any atom is 0.335 e. The van der Waals surface area contributed by atoms with E-state index in [1.807, 2.05) is 12.1 Å². The smallest absolute Gasteiger partial charge is 0.335 e. The van der Waals surface area contributed by atoms with Gasteiger partial charge in [0.05, 0.1) is 44.7 Å². The lowest BCUT2D eigenvalue weighted by molar-refractivity contribution is -0.335. The van der Waals surface area contributed by atoms with Crippen LogP contribution in [0.1, 0.15) is 97.6 Å². The van der Waals surface area contributed by atoms with E-state index in [1.165, 1.54) is 6.42 Å². The zero-order chi connectivity index (χ0) is 42.6. The van der Waals surface area contributed by atoms with Crippen molar-refractivity contribution in [2.45, 2.75) is 154 Å².